The first-order chi connectivity index (χ1) is 11.6. The van der Waals surface area contributed by atoms with Gasteiger partial charge >= 0.3 is 0 Å². The summed E-state index contributed by atoms with van der Waals surface area (Å²) >= 11 is 0. The second-order valence-electron chi connectivity index (χ2n) is 6.09. The molecule has 1 aromatic carbocycles. The number of nitrogens with zero attached hydrogens (tertiary/aromatic N) is 2. The highest BCUT2D eigenvalue weighted by atomic mass is 16.1. The summed E-state index contributed by atoms with van der Waals surface area (Å²) in [6.45, 7) is 7.25. The summed E-state index contributed by atoms with van der Waals surface area (Å²) in [6, 6.07) is 9.88. The second-order valence-corrected chi connectivity index (χ2v) is 6.09. The second kappa shape index (κ2) is 8.48. The van der Waals surface area contributed by atoms with Crippen molar-refractivity contribution in [2.24, 2.45) is 0 Å². The number of unbranched alkanes of at least 4 members (excludes halogenated alkanes) is 1. The first-order valence-corrected chi connectivity index (χ1v) is 8.63. The van der Waals surface area contributed by atoms with E-state index in [1.165, 1.54) is 0 Å². The third-order valence-corrected chi connectivity index (χ3v) is 4.24. The van der Waals surface area contributed by atoms with Crippen LogP contribution in [-0.4, -0.2) is 24.5 Å². The number of carbonyl (C=O) groups excluding carboxylic acids is 1. The highest BCUT2D eigenvalue weighted by Gasteiger charge is 2.13. The molecule has 4 heteroatoms. The molecule has 0 atom stereocenters. The maximum Gasteiger partial charge on any atom is 0.274 e. The molecule has 1 N–H and O–H groups in total. The van der Waals surface area contributed by atoms with Crippen molar-refractivity contribution in [1.82, 2.24) is 4.98 Å². The maximum absolute atomic E-state index is 12.6. The summed E-state index contributed by atoms with van der Waals surface area (Å²) in [5.41, 5.74) is 4.57. The van der Waals surface area contributed by atoms with Gasteiger partial charge in [-0.15, -0.1) is 0 Å². The zero-order valence-corrected chi connectivity index (χ0v) is 15.1. The summed E-state index contributed by atoms with van der Waals surface area (Å²) in [5, 5.41) is 3.04. The van der Waals surface area contributed by atoms with E-state index in [1.807, 2.05) is 44.3 Å². The summed E-state index contributed by atoms with van der Waals surface area (Å²) in [5.74, 6) is -0.162. The molecule has 2 aromatic rings. The molecule has 0 aliphatic carbocycles. The van der Waals surface area contributed by atoms with E-state index in [0.29, 0.717) is 5.69 Å². The van der Waals surface area contributed by atoms with Gasteiger partial charge in [-0.05, 0) is 43.0 Å². The fourth-order valence-corrected chi connectivity index (χ4v) is 2.68. The van der Waals surface area contributed by atoms with E-state index in [2.05, 4.69) is 29.0 Å². The van der Waals surface area contributed by atoms with Gasteiger partial charge in [-0.1, -0.05) is 38.5 Å². The van der Waals surface area contributed by atoms with Crippen LogP contribution in [0, 0.1) is 6.92 Å². The first-order valence-electron chi connectivity index (χ1n) is 8.63. The van der Waals surface area contributed by atoms with Gasteiger partial charge < -0.3 is 10.2 Å². The van der Waals surface area contributed by atoms with Crippen molar-refractivity contribution in [1.29, 1.82) is 0 Å². The van der Waals surface area contributed by atoms with Crippen LogP contribution in [0.2, 0.25) is 0 Å². The average molecular weight is 325 g/mol. The Morgan fingerprint density at radius 3 is 2.75 bits per heavy atom. The van der Waals surface area contributed by atoms with Gasteiger partial charge in [0.05, 0.1) is 0 Å². The highest BCUT2D eigenvalue weighted by molar-refractivity contribution is 6.04. The number of nitrogens with one attached hydrogen (secondary N) is 1. The molecular weight excluding hydrogens is 298 g/mol. The van der Waals surface area contributed by atoms with E-state index in [1.54, 1.807) is 6.20 Å². The Morgan fingerprint density at radius 2 is 2.04 bits per heavy atom. The van der Waals surface area contributed by atoms with Gasteiger partial charge in [0, 0.05) is 31.2 Å². The van der Waals surface area contributed by atoms with E-state index >= 15 is 0 Å². The van der Waals surface area contributed by atoms with Gasteiger partial charge in [0.25, 0.3) is 5.91 Å². The average Bonchev–Trinajstić information content (AvgIpc) is 2.61. The number of benzene rings is 1. The number of carbonyl (C=O) groups is 1. The Morgan fingerprint density at radius 1 is 1.25 bits per heavy atom. The monoisotopic (exact) mass is 325 g/mol. The molecule has 24 heavy (non-hydrogen) atoms. The van der Waals surface area contributed by atoms with Crippen LogP contribution in [-0.2, 0) is 6.42 Å². The Labute approximate surface area is 144 Å². The molecule has 2 rings (SSSR count). The van der Waals surface area contributed by atoms with Crippen LogP contribution in [0.25, 0.3) is 0 Å². The molecule has 0 spiro atoms. The number of rotatable bonds is 7. The summed E-state index contributed by atoms with van der Waals surface area (Å²) in [4.78, 5) is 19.0. The van der Waals surface area contributed by atoms with E-state index in [0.717, 1.165) is 48.3 Å². The summed E-state index contributed by atoms with van der Waals surface area (Å²) < 4.78 is 0. The van der Waals surface area contributed by atoms with Crippen molar-refractivity contribution in [3.8, 4) is 0 Å². The quantitative estimate of drug-likeness (QED) is 0.818. The lowest BCUT2D eigenvalue weighted by molar-refractivity contribution is 0.102. The standard InChI is InChI=1S/C20H27N3O/c1-5-7-13-23(4)17-11-12-21-18(14-17)20(24)22-19-15(3)9-8-10-16(19)6-2/h8-12,14H,5-7,13H2,1-4H3,(H,22,24). The van der Waals surface area contributed by atoms with E-state index in [4.69, 9.17) is 0 Å². The van der Waals surface area contributed by atoms with E-state index in [-0.39, 0.29) is 5.91 Å². The minimum Gasteiger partial charge on any atom is -0.374 e. The molecule has 0 saturated carbocycles. The van der Waals surface area contributed by atoms with Gasteiger partial charge in [0.2, 0.25) is 0 Å². The van der Waals surface area contributed by atoms with Gasteiger partial charge in [0.15, 0.2) is 0 Å². The maximum atomic E-state index is 12.6. The largest absolute Gasteiger partial charge is 0.374 e. The SMILES string of the molecule is CCCCN(C)c1ccnc(C(=O)Nc2c(C)cccc2CC)c1. The number of aryl methyl sites for hydroxylation is 2. The third kappa shape index (κ3) is 4.34. The lowest BCUT2D eigenvalue weighted by atomic mass is 10.1. The smallest absolute Gasteiger partial charge is 0.274 e. The van der Waals surface area contributed by atoms with Gasteiger partial charge in [-0.2, -0.15) is 0 Å². The minimum atomic E-state index is -0.162. The van der Waals surface area contributed by atoms with Crippen LogP contribution >= 0.6 is 0 Å². The van der Waals surface area contributed by atoms with Gasteiger partial charge in [-0.25, -0.2) is 0 Å². The van der Waals surface area contributed by atoms with Crippen LogP contribution in [0.5, 0.6) is 0 Å². The molecule has 128 valence electrons. The predicted molar refractivity (Wildman–Crippen MR) is 101 cm³/mol. The lowest BCUT2D eigenvalue weighted by Gasteiger charge is -2.19. The van der Waals surface area contributed by atoms with Gasteiger partial charge in [-0.3, -0.25) is 9.78 Å². The molecule has 0 fully saturated rings. The summed E-state index contributed by atoms with van der Waals surface area (Å²) in [7, 11) is 2.04. The Bertz CT molecular complexity index is 697. The van der Waals surface area contributed by atoms with Crippen LogP contribution in [0.15, 0.2) is 36.5 Å². The number of para-hydroxylation sites is 1. The Kier molecular flexibility index (Phi) is 6.36. The van der Waals surface area contributed by atoms with Gasteiger partial charge in [0.1, 0.15) is 5.69 Å². The van der Waals surface area contributed by atoms with E-state index < -0.39 is 0 Å². The number of amides is 1. The first kappa shape index (κ1) is 18.0. The molecule has 0 aliphatic rings. The molecule has 4 nitrogen and oxygen atoms in total. The molecule has 0 saturated heterocycles. The number of pyridine rings is 1. The van der Waals surface area contributed by atoms with Crippen molar-refractivity contribution >= 4 is 17.3 Å². The van der Waals surface area contributed by atoms with Crippen molar-refractivity contribution < 1.29 is 4.79 Å². The Hall–Kier alpha value is -2.36. The molecule has 0 radical (unpaired) electrons. The van der Waals surface area contributed by atoms with Crippen LogP contribution in [0.4, 0.5) is 11.4 Å². The highest BCUT2D eigenvalue weighted by Crippen LogP contribution is 2.22. The third-order valence-electron chi connectivity index (χ3n) is 4.24. The molecule has 1 heterocycles. The molecule has 0 bridgehead atoms. The number of hydrogen-bond acceptors (Lipinski definition) is 3. The zero-order valence-electron chi connectivity index (χ0n) is 15.1. The van der Waals surface area contributed by atoms with Crippen LogP contribution in [0.3, 0.4) is 0 Å². The van der Waals surface area contributed by atoms with Crippen LogP contribution < -0.4 is 10.2 Å². The fourth-order valence-electron chi connectivity index (χ4n) is 2.68. The van der Waals surface area contributed by atoms with Crippen molar-refractivity contribution in [3.05, 3.63) is 53.3 Å². The summed E-state index contributed by atoms with van der Waals surface area (Å²) in [6.07, 6.45) is 4.86. The molecule has 1 aromatic heterocycles. The zero-order chi connectivity index (χ0) is 17.5. The number of hydrogen-bond donors (Lipinski definition) is 1. The number of anilines is 2. The fraction of sp³-hybridized carbons (Fsp3) is 0.400. The van der Waals surface area contributed by atoms with Crippen molar-refractivity contribution in [2.75, 3.05) is 23.8 Å². The van der Waals surface area contributed by atoms with Crippen molar-refractivity contribution in [2.45, 2.75) is 40.0 Å². The lowest BCUT2D eigenvalue weighted by Crippen LogP contribution is -2.20. The van der Waals surface area contributed by atoms with E-state index in [9.17, 15) is 4.79 Å². The van der Waals surface area contributed by atoms with Crippen molar-refractivity contribution in [3.63, 3.8) is 0 Å². The minimum absolute atomic E-state index is 0.162. The van der Waals surface area contributed by atoms with Crippen LogP contribution in [0.1, 0.15) is 48.3 Å². The predicted octanol–water partition coefficient (Wildman–Crippen LogP) is 4.44. The number of aromatic nitrogens is 1. The molecule has 0 aliphatic heterocycles. The molecular formula is C20H27N3O. The molecule has 1 amide bonds. The normalized spacial score (nSPS) is 10.5. The Balaban J connectivity index is 2.19. The topological polar surface area (TPSA) is 45.2 Å². The molecule has 0 unspecified atom stereocenters.